The fourth-order valence-electron chi connectivity index (χ4n) is 1.27. The first kappa shape index (κ1) is 17.0. The van der Waals surface area contributed by atoms with E-state index < -0.39 is 17.3 Å². The Hall–Kier alpha value is -2.04. The Morgan fingerprint density at radius 3 is 2.48 bits per heavy atom. The smallest absolute Gasteiger partial charge is 0.152 e. The maximum absolute atomic E-state index is 13.7. The Labute approximate surface area is 130 Å². The first-order chi connectivity index (χ1) is 9.90. The van der Waals surface area contributed by atoms with Crippen LogP contribution in [0.25, 0.3) is 0 Å². The summed E-state index contributed by atoms with van der Waals surface area (Å²) in [5, 5.41) is 11.4. The number of nitriles is 1. The van der Waals surface area contributed by atoms with Gasteiger partial charge in [0.05, 0.1) is 5.03 Å². The lowest BCUT2D eigenvalue weighted by atomic mass is 10.2. The Balaban J connectivity index is 3.35. The fraction of sp³-hybridized carbons (Fsp3) is 0.0769. The second kappa shape index (κ2) is 7.67. The van der Waals surface area contributed by atoms with Crippen LogP contribution in [0, 0.1) is 23.0 Å². The number of halogens is 3. The molecule has 0 aromatic heterocycles. The molecule has 0 aliphatic carbocycles. The quantitative estimate of drug-likeness (QED) is 0.384. The molecule has 0 saturated heterocycles. The number of nitrogens with zero attached hydrogens (tertiary/aromatic N) is 2. The van der Waals surface area contributed by atoms with E-state index >= 15 is 0 Å². The van der Waals surface area contributed by atoms with E-state index in [0.717, 1.165) is 12.1 Å². The molecule has 0 heterocycles. The standard InChI is InChI=1S/C13H11ClF2N4S/c1-7(21-2)19-13(8(6-17)12(14)18)20-11-9(15)4-3-5-10(11)16/h3-5H,1,18H2,2H3,(H,19,20)/b12-8-. The lowest BCUT2D eigenvalue weighted by molar-refractivity contribution is 0.591. The zero-order chi connectivity index (χ0) is 16.0. The summed E-state index contributed by atoms with van der Waals surface area (Å²) in [6, 6.07) is 5.06. The average Bonchev–Trinajstić information content (AvgIpc) is 2.42. The number of aliphatic imine (C=N–C) groups is 1. The number of amidine groups is 1. The van der Waals surface area contributed by atoms with Crippen LogP contribution < -0.4 is 11.1 Å². The molecule has 1 aromatic rings. The third-order valence-corrected chi connectivity index (χ3v) is 3.02. The number of anilines is 1. The van der Waals surface area contributed by atoms with Crippen LogP contribution in [0.4, 0.5) is 14.5 Å². The van der Waals surface area contributed by atoms with E-state index in [-0.39, 0.29) is 16.6 Å². The molecule has 0 fully saturated rings. The van der Waals surface area contributed by atoms with Crippen LogP contribution in [0.5, 0.6) is 0 Å². The summed E-state index contributed by atoms with van der Waals surface area (Å²) >= 11 is 6.79. The van der Waals surface area contributed by atoms with Gasteiger partial charge in [-0.1, -0.05) is 24.2 Å². The first-order valence-corrected chi connectivity index (χ1v) is 7.09. The SMILES string of the molecule is C=C(/N=C(Nc1c(F)cccc1F)\C(C#N)=C(/N)Cl)SC. The van der Waals surface area contributed by atoms with Gasteiger partial charge in [0.25, 0.3) is 0 Å². The summed E-state index contributed by atoms with van der Waals surface area (Å²) in [7, 11) is 0. The third-order valence-electron chi connectivity index (χ3n) is 2.27. The normalized spacial score (nSPS) is 12.4. The molecular weight excluding hydrogens is 318 g/mol. The third kappa shape index (κ3) is 4.48. The summed E-state index contributed by atoms with van der Waals surface area (Å²) in [5.41, 5.74) is 4.67. The summed E-state index contributed by atoms with van der Waals surface area (Å²) in [6.45, 7) is 3.61. The van der Waals surface area contributed by atoms with Crippen LogP contribution in [-0.2, 0) is 0 Å². The Bertz CT molecular complexity index is 640. The van der Waals surface area contributed by atoms with Crippen molar-refractivity contribution in [3.63, 3.8) is 0 Å². The van der Waals surface area contributed by atoms with E-state index in [1.165, 1.54) is 17.8 Å². The molecule has 0 spiro atoms. The van der Waals surface area contributed by atoms with Crippen molar-refractivity contribution < 1.29 is 8.78 Å². The molecule has 0 amide bonds. The van der Waals surface area contributed by atoms with Gasteiger partial charge in [-0.2, -0.15) is 5.26 Å². The Kier molecular flexibility index (Phi) is 6.21. The van der Waals surface area contributed by atoms with E-state index in [2.05, 4.69) is 16.9 Å². The van der Waals surface area contributed by atoms with Crippen molar-refractivity contribution in [2.45, 2.75) is 0 Å². The molecule has 0 aliphatic rings. The monoisotopic (exact) mass is 328 g/mol. The van der Waals surface area contributed by atoms with Gasteiger partial charge < -0.3 is 11.1 Å². The number of nitrogens with two attached hydrogens (primary N) is 1. The highest BCUT2D eigenvalue weighted by atomic mass is 35.5. The summed E-state index contributed by atoms with van der Waals surface area (Å²) in [5.74, 6) is -1.88. The molecule has 0 radical (unpaired) electrons. The average molecular weight is 329 g/mol. The highest BCUT2D eigenvalue weighted by molar-refractivity contribution is 8.02. The highest BCUT2D eigenvalue weighted by Crippen LogP contribution is 2.21. The minimum atomic E-state index is -0.845. The molecule has 0 bridgehead atoms. The number of nitrogens with one attached hydrogen (secondary N) is 1. The van der Waals surface area contributed by atoms with Crippen molar-refractivity contribution in [2.24, 2.45) is 10.7 Å². The molecule has 0 atom stereocenters. The zero-order valence-electron chi connectivity index (χ0n) is 11.0. The van der Waals surface area contributed by atoms with Crippen LogP contribution in [0.2, 0.25) is 0 Å². The van der Waals surface area contributed by atoms with Crippen molar-refractivity contribution in [3.8, 4) is 6.07 Å². The second-order valence-electron chi connectivity index (χ2n) is 3.61. The van der Waals surface area contributed by atoms with Gasteiger partial charge in [0.1, 0.15) is 34.1 Å². The molecule has 8 heteroatoms. The van der Waals surface area contributed by atoms with Crippen LogP contribution >= 0.6 is 23.4 Å². The molecule has 0 saturated carbocycles. The van der Waals surface area contributed by atoms with E-state index in [1.807, 2.05) is 0 Å². The molecule has 4 nitrogen and oxygen atoms in total. The number of rotatable bonds is 4. The van der Waals surface area contributed by atoms with E-state index in [9.17, 15) is 8.78 Å². The second-order valence-corrected chi connectivity index (χ2v) is 4.90. The number of hydrogen-bond acceptors (Lipinski definition) is 4. The molecular formula is C13H11ClF2N4S. The molecule has 3 N–H and O–H groups in total. The fourth-order valence-corrected chi connectivity index (χ4v) is 1.59. The van der Waals surface area contributed by atoms with E-state index in [0.29, 0.717) is 5.03 Å². The van der Waals surface area contributed by atoms with Gasteiger partial charge in [-0.25, -0.2) is 13.8 Å². The number of para-hydroxylation sites is 1. The number of thioether (sulfide) groups is 1. The van der Waals surface area contributed by atoms with Gasteiger partial charge in [0.2, 0.25) is 0 Å². The lowest BCUT2D eigenvalue weighted by Crippen LogP contribution is -2.19. The van der Waals surface area contributed by atoms with Crippen LogP contribution in [0.1, 0.15) is 0 Å². The van der Waals surface area contributed by atoms with E-state index in [4.69, 9.17) is 22.6 Å². The van der Waals surface area contributed by atoms with Gasteiger partial charge in [0.15, 0.2) is 5.84 Å². The maximum atomic E-state index is 13.7. The van der Waals surface area contributed by atoms with Crippen LogP contribution in [0.15, 0.2) is 45.5 Å². The van der Waals surface area contributed by atoms with E-state index in [1.54, 1.807) is 12.3 Å². The van der Waals surface area contributed by atoms with Crippen molar-refractivity contribution in [3.05, 3.63) is 52.2 Å². The highest BCUT2D eigenvalue weighted by Gasteiger charge is 2.16. The molecule has 21 heavy (non-hydrogen) atoms. The minimum absolute atomic E-state index is 0.187. The molecule has 0 unspecified atom stereocenters. The lowest BCUT2D eigenvalue weighted by Gasteiger charge is -2.11. The number of benzene rings is 1. The molecule has 1 rings (SSSR count). The largest absolute Gasteiger partial charge is 0.388 e. The predicted octanol–water partition coefficient (Wildman–Crippen LogP) is 3.54. The Morgan fingerprint density at radius 2 is 2.05 bits per heavy atom. The van der Waals surface area contributed by atoms with Crippen molar-refractivity contribution in [2.75, 3.05) is 11.6 Å². The minimum Gasteiger partial charge on any atom is -0.388 e. The predicted molar refractivity (Wildman–Crippen MR) is 82.8 cm³/mol. The summed E-state index contributed by atoms with van der Waals surface area (Å²) < 4.78 is 27.3. The van der Waals surface area contributed by atoms with Gasteiger partial charge >= 0.3 is 0 Å². The molecule has 110 valence electrons. The maximum Gasteiger partial charge on any atom is 0.152 e. The molecule has 1 aromatic carbocycles. The van der Waals surface area contributed by atoms with Crippen molar-refractivity contribution >= 4 is 34.9 Å². The Morgan fingerprint density at radius 1 is 1.48 bits per heavy atom. The van der Waals surface area contributed by atoms with Crippen molar-refractivity contribution in [1.29, 1.82) is 5.26 Å². The van der Waals surface area contributed by atoms with Gasteiger partial charge in [-0.3, -0.25) is 0 Å². The zero-order valence-corrected chi connectivity index (χ0v) is 12.5. The van der Waals surface area contributed by atoms with Gasteiger partial charge in [0, 0.05) is 0 Å². The molecule has 0 aliphatic heterocycles. The summed E-state index contributed by atoms with van der Waals surface area (Å²) in [4.78, 5) is 3.96. The van der Waals surface area contributed by atoms with Crippen molar-refractivity contribution in [1.82, 2.24) is 0 Å². The van der Waals surface area contributed by atoms with Gasteiger partial charge in [-0.05, 0) is 18.4 Å². The van der Waals surface area contributed by atoms with Crippen LogP contribution in [0.3, 0.4) is 0 Å². The first-order valence-electron chi connectivity index (χ1n) is 5.49. The summed E-state index contributed by atoms with van der Waals surface area (Å²) in [6.07, 6.45) is 1.70. The number of hydrogen-bond donors (Lipinski definition) is 2. The topological polar surface area (TPSA) is 74.2 Å². The van der Waals surface area contributed by atoms with Crippen LogP contribution in [-0.4, -0.2) is 12.1 Å². The van der Waals surface area contributed by atoms with Gasteiger partial charge in [-0.15, -0.1) is 11.8 Å².